The van der Waals surface area contributed by atoms with Gasteiger partial charge in [0.1, 0.15) is 0 Å². The van der Waals surface area contributed by atoms with Gasteiger partial charge >= 0.3 is 0 Å². The Kier molecular flexibility index (Phi) is 4.20. The quantitative estimate of drug-likeness (QED) is 0.297. The van der Waals surface area contributed by atoms with E-state index in [1.165, 1.54) is 6.21 Å². The van der Waals surface area contributed by atoms with Gasteiger partial charge in [0.25, 0.3) is 0 Å². The van der Waals surface area contributed by atoms with Crippen LogP contribution < -0.4 is 11.5 Å². The first-order valence-corrected chi connectivity index (χ1v) is 5.32. The lowest BCUT2D eigenvalue weighted by Gasteiger charge is -2.26. The largest absolute Gasteiger partial charge is 0.340 e. The van der Waals surface area contributed by atoms with Crippen molar-refractivity contribution in [2.24, 2.45) is 16.5 Å². The van der Waals surface area contributed by atoms with E-state index in [1.807, 2.05) is 16.7 Å². The van der Waals surface area contributed by atoms with Crippen LogP contribution in [0.5, 0.6) is 0 Å². The molecular weight excluding hydrogens is 186 g/mol. The van der Waals surface area contributed by atoms with Crippen LogP contribution in [0.1, 0.15) is 0 Å². The Morgan fingerprint density at radius 2 is 2.08 bits per heavy atom. The molecule has 0 radical (unpaired) electrons. The molecule has 1 heterocycles. The second-order valence-electron chi connectivity index (χ2n) is 2.78. The summed E-state index contributed by atoms with van der Waals surface area (Å²) in [5.74, 6) is 2.39. The summed E-state index contributed by atoms with van der Waals surface area (Å²) < 4.78 is 0. The van der Waals surface area contributed by atoms with E-state index in [-0.39, 0.29) is 5.96 Å². The number of rotatable bonds is 1. The lowest BCUT2D eigenvalue weighted by Crippen LogP contribution is -2.38. The Bertz CT molecular complexity index is 197. The molecule has 0 aromatic heterocycles. The fourth-order valence-electron chi connectivity index (χ4n) is 1.01. The molecule has 0 bridgehead atoms. The highest BCUT2D eigenvalue weighted by atomic mass is 32.2. The van der Waals surface area contributed by atoms with Crippen molar-refractivity contribution < 1.29 is 0 Å². The highest BCUT2D eigenvalue weighted by Gasteiger charge is 2.12. The van der Waals surface area contributed by atoms with E-state index in [2.05, 4.69) is 4.99 Å². The summed E-state index contributed by atoms with van der Waals surface area (Å²) >= 11 is 1.90. The first-order valence-electron chi connectivity index (χ1n) is 4.17. The van der Waals surface area contributed by atoms with Crippen LogP contribution in [0, 0.1) is 5.41 Å². The molecule has 0 amide bonds. The molecule has 0 aromatic rings. The van der Waals surface area contributed by atoms with Crippen LogP contribution in [-0.4, -0.2) is 47.8 Å². The zero-order valence-electron chi connectivity index (χ0n) is 7.44. The van der Waals surface area contributed by atoms with Crippen LogP contribution in [-0.2, 0) is 0 Å². The van der Waals surface area contributed by atoms with E-state index in [1.54, 1.807) is 0 Å². The number of hydrogen-bond acceptors (Lipinski definition) is 4. The fourth-order valence-corrected chi connectivity index (χ4v) is 1.92. The zero-order chi connectivity index (χ0) is 9.68. The molecule has 1 rings (SSSR count). The van der Waals surface area contributed by atoms with Crippen molar-refractivity contribution in [3.05, 3.63) is 0 Å². The van der Waals surface area contributed by atoms with E-state index in [0.29, 0.717) is 0 Å². The second kappa shape index (κ2) is 5.21. The highest BCUT2D eigenvalue weighted by molar-refractivity contribution is 7.99. The Hall–Kier alpha value is -0.590. The molecule has 0 saturated carbocycles. The topological polar surface area (TPSA) is 91.5 Å². The third-order valence-corrected chi connectivity index (χ3v) is 2.62. The zero-order valence-corrected chi connectivity index (χ0v) is 8.26. The molecule has 13 heavy (non-hydrogen) atoms. The monoisotopic (exact) mass is 201 g/mol. The van der Waals surface area contributed by atoms with Crippen molar-refractivity contribution >= 4 is 23.9 Å². The van der Waals surface area contributed by atoms with Crippen molar-refractivity contribution in [3.63, 3.8) is 0 Å². The van der Waals surface area contributed by atoms with E-state index in [9.17, 15) is 0 Å². The molecule has 1 fully saturated rings. The number of guanidine groups is 1. The molecule has 5 N–H and O–H groups in total. The fraction of sp³-hybridized carbons (Fsp3) is 0.714. The Morgan fingerprint density at radius 1 is 1.46 bits per heavy atom. The lowest BCUT2D eigenvalue weighted by molar-refractivity contribution is 0.455. The molecule has 0 atom stereocenters. The summed E-state index contributed by atoms with van der Waals surface area (Å²) in [6.07, 6.45) is 0.823. The van der Waals surface area contributed by atoms with Gasteiger partial charge in [0.15, 0.2) is 0 Å². The predicted molar refractivity (Wildman–Crippen MR) is 57.3 cm³/mol. The molecule has 1 aliphatic rings. The van der Waals surface area contributed by atoms with E-state index >= 15 is 0 Å². The van der Waals surface area contributed by atoms with Crippen LogP contribution in [0.15, 0.2) is 4.99 Å². The molecule has 74 valence electrons. The first-order chi connectivity index (χ1) is 6.20. The number of nitrogens with two attached hydrogens (primary N) is 2. The standard InChI is InChI=1S/C7H15N5S/c8-6(9)5-11-7(10)12-1-3-13-4-2-12/h5-6,10H,1-4,8-9H2/b10-7?,11-5+. The maximum Gasteiger partial charge on any atom is 0.217 e. The molecular formula is C7H15N5S. The lowest BCUT2D eigenvalue weighted by atomic mass is 10.5. The maximum atomic E-state index is 7.58. The van der Waals surface area contributed by atoms with Crippen LogP contribution >= 0.6 is 11.8 Å². The minimum absolute atomic E-state index is 0.265. The first kappa shape index (κ1) is 10.5. The summed E-state index contributed by atoms with van der Waals surface area (Å²) in [5.41, 5.74) is 10.6. The summed E-state index contributed by atoms with van der Waals surface area (Å²) in [5, 5.41) is 7.58. The summed E-state index contributed by atoms with van der Waals surface area (Å²) in [6, 6.07) is 0. The van der Waals surface area contributed by atoms with Gasteiger partial charge in [0, 0.05) is 30.8 Å². The molecule has 0 aliphatic carbocycles. The molecule has 1 saturated heterocycles. The van der Waals surface area contributed by atoms with Crippen molar-refractivity contribution in [3.8, 4) is 0 Å². The van der Waals surface area contributed by atoms with Crippen molar-refractivity contribution in [2.45, 2.75) is 6.17 Å². The molecule has 5 nitrogen and oxygen atoms in total. The Balaban J connectivity index is 2.37. The van der Waals surface area contributed by atoms with Gasteiger partial charge in [-0.25, -0.2) is 4.99 Å². The normalized spacial score (nSPS) is 18.5. The smallest absolute Gasteiger partial charge is 0.217 e. The van der Waals surface area contributed by atoms with Crippen LogP contribution in [0.3, 0.4) is 0 Å². The van der Waals surface area contributed by atoms with E-state index in [0.717, 1.165) is 24.6 Å². The average Bonchev–Trinajstić information content (AvgIpc) is 2.15. The van der Waals surface area contributed by atoms with Gasteiger partial charge in [-0.3, -0.25) is 5.41 Å². The van der Waals surface area contributed by atoms with Crippen LogP contribution in [0.4, 0.5) is 0 Å². The molecule has 1 aliphatic heterocycles. The van der Waals surface area contributed by atoms with E-state index < -0.39 is 6.17 Å². The average molecular weight is 201 g/mol. The van der Waals surface area contributed by atoms with Gasteiger partial charge in [-0.1, -0.05) is 0 Å². The Morgan fingerprint density at radius 3 is 2.62 bits per heavy atom. The van der Waals surface area contributed by atoms with Gasteiger partial charge in [0.2, 0.25) is 5.96 Å². The van der Waals surface area contributed by atoms with Gasteiger partial charge in [-0.2, -0.15) is 11.8 Å². The SMILES string of the molecule is N=C(/N=C/C(N)N)N1CCSCC1. The number of thioether (sulfide) groups is 1. The third-order valence-electron chi connectivity index (χ3n) is 1.68. The van der Waals surface area contributed by atoms with E-state index in [4.69, 9.17) is 16.9 Å². The van der Waals surface area contributed by atoms with Crippen LogP contribution in [0.2, 0.25) is 0 Å². The number of nitrogens with zero attached hydrogens (tertiary/aromatic N) is 2. The van der Waals surface area contributed by atoms with Gasteiger partial charge in [-0.05, 0) is 0 Å². The van der Waals surface area contributed by atoms with Gasteiger partial charge < -0.3 is 16.4 Å². The molecule has 0 aromatic carbocycles. The molecule has 0 unspecified atom stereocenters. The van der Waals surface area contributed by atoms with Crippen molar-refractivity contribution in [1.82, 2.24) is 4.90 Å². The van der Waals surface area contributed by atoms with Gasteiger partial charge in [0.05, 0.1) is 6.17 Å². The molecule has 6 heteroatoms. The third kappa shape index (κ3) is 3.75. The summed E-state index contributed by atoms with van der Waals surface area (Å²) in [4.78, 5) is 5.80. The predicted octanol–water partition coefficient (Wildman–Crippen LogP) is -0.716. The van der Waals surface area contributed by atoms with Crippen molar-refractivity contribution in [1.29, 1.82) is 5.41 Å². The number of hydrogen-bond donors (Lipinski definition) is 3. The van der Waals surface area contributed by atoms with Crippen molar-refractivity contribution in [2.75, 3.05) is 24.6 Å². The summed E-state index contributed by atoms with van der Waals surface area (Å²) in [6.45, 7) is 1.78. The minimum atomic E-state index is -0.570. The van der Waals surface area contributed by atoms with Gasteiger partial charge in [-0.15, -0.1) is 0 Å². The van der Waals surface area contributed by atoms with Crippen LogP contribution in [0.25, 0.3) is 0 Å². The summed E-state index contributed by atoms with van der Waals surface area (Å²) in [7, 11) is 0. The number of aliphatic imine (C=N–C) groups is 1. The second-order valence-corrected chi connectivity index (χ2v) is 4.00. The Labute approximate surface area is 82.1 Å². The highest BCUT2D eigenvalue weighted by Crippen LogP contribution is 2.09. The molecule has 0 spiro atoms. The minimum Gasteiger partial charge on any atom is -0.340 e. The number of nitrogens with one attached hydrogen (secondary N) is 1. The maximum absolute atomic E-state index is 7.58.